The van der Waals surface area contributed by atoms with E-state index in [1.807, 2.05) is 30.3 Å². The summed E-state index contributed by atoms with van der Waals surface area (Å²) in [5.74, 6) is 0.931. The maximum absolute atomic E-state index is 12.5. The van der Waals surface area contributed by atoms with E-state index >= 15 is 0 Å². The van der Waals surface area contributed by atoms with E-state index in [1.165, 1.54) is 0 Å². The van der Waals surface area contributed by atoms with Gasteiger partial charge in [-0.05, 0) is 37.3 Å². The van der Waals surface area contributed by atoms with Crippen molar-refractivity contribution in [2.45, 2.75) is 13.0 Å². The second-order valence-electron chi connectivity index (χ2n) is 6.45. The summed E-state index contributed by atoms with van der Waals surface area (Å²) >= 11 is 0. The Hall–Kier alpha value is -3.60. The van der Waals surface area contributed by atoms with Gasteiger partial charge >= 0.3 is 5.63 Å². The zero-order valence-electron chi connectivity index (χ0n) is 15.5. The molecule has 0 spiro atoms. The molecule has 5 heteroatoms. The first-order valence-electron chi connectivity index (χ1n) is 8.87. The molecular weight excluding hydrogens is 356 g/mol. The van der Waals surface area contributed by atoms with Crippen LogP contribution in [0.15, 0.2) is 75.9 Å². The molecule has 1 atom stereocenters. The molecule has 0 saturated carbocycles. The third kappa shape index (κ3) is 3.22. The minimum atomic E-state index is -0.670. The van der Waals surface area contributed by atoms with Gasteiger partial charge in [0.05, 0.1) is 12.5 Å². The summed E-state index contributed by atoms with van der Waals surface area (Å²) in [6, 6.07) is 19.5. The molecular formula is C23H18O5. The number of benzene rings is 3. The lowest BCUT2D eigenvalue weighted by atomic mass is 10.1. The molecule has 0 aliphatic heterocycles. The molecule has 1 unspecified atom stereocenters. The van der Waals surface area contributed by atoms with E-state index in [2.05, 4.69) is 0 Å². The molecule has 4 aromatic rings. The summed E-state index contributed by atoms with van der Waals surface area (Å²) in [4.78, 5) is 24.9. The molecule has 0 N–H and O–H groups in total. The minimum absolute atomic E-state index is 0.118. The lowest BCUT2D eigenvalue weighted by Gasteiger charge is -2.14. The summed E-state index contributed by atoms with van der Waals surface area (Å²) in [6.45, 7) is 1.70. The highest BCUT2D eigenvalue weighted by atomic mass is 16.5. The number of fused-ring (bicyclic) bond motifs is 3. The van der Waals surface area contributed by atoms with Gasteiger partial charge in [-0.2, -0.15) is 0 Å². The van der Waals surface area contributed by atoms with Gasteiger partial charge in [0.15, 0.2) is 6.10 Å². The standard InChI is InChI=1S/C23H18O5/c1-14(22(24)15-6-4-3-5-7-15)27-17-9-11-19-18-10-8-16(26-2)12-20(18)23(25)28-21(19)13-17/h3-14H,1-2H3. The van der Waals surface area contributed by atoms with Crippen LogP contribution in [0.5, 0.6) is 11.5 Å². The maximum atomic E-state index is 12.5. The molecule has 0 fully saturated rings. The average molecular weight is 374 g/mol. The Bertz CT molecular complexity index is 1220. The Kier molecular flexibility index (Phi) is 4.57. The van der Waals surface area contributed by atoms with Crippen molar-refractivity contribution < 1.29 is 18.7 Å². The van der Waals surface area contributed by atoms with Gasteiger partial charge in [-0.3, -0.25) is 4.79 Å². The molecule has 4 rings (SSSR count). The Morgan fingerprint density at radius 3 is 2.36 bits per heavy atom. The van der Waals surface area contributed by atoms with Crippen LogP contribution in [0.25, 0.3) is 21.7 Å². The number of carbonyl (C=O) groups is 1. The predicted octanol–water partition coefficient (Wildman–Crippen LogP) is 4.61. The number of hydrogen-bond donors (Lipinski definition) is 0. The van der Waals surface area contributed by atoms with Crippen LogP contribution < -0.4 is 15.1 Å². The number of hydrogen-bond acceptors (Lipinski definition) is 5. The van der Waals surface area contributed by atoms with Gasteiger partial charge < -0.3 is 13.9 Å². The van der Waals surface area contributed by atoms with Crippen molar-refractivity contribution in [1.29, 1.82) is 0 Å². The van der Waals surface area contributed by atoms with Crippen LogP contribution in [0.1, 0.15) is 17.3 Å². The molecule has 3 aromatic carbocycles. The molecule has 28 heavy (non-hydrogen) atoms. The Labute approximate surface area is 161 Å². The van der Waals surface area contributed by atoms with Crippen molar-refractivity contribution in [2.24, 2.45) is 0 Å². The third-order valence-corrected chi connectivity index (χ3v) is 4.63. The van der Waals surface area contributed by atoms with Gasteiger partial charge in [-0.1, -0.05) is 30.3 Å². The van der Waals surface area contributed by atoms with Gasteiger partial charge in [0.1, 0.15) is 17.1 Å². The summed E-state index contributed by atoms with van der Waals surface area (Å²) < 4.78 is 16.4. The van der Waals surface area contributed by atoms with E-state index in [0.717, 1.165) is 10.8 Å². The number of rotatable bonds is 5. The lowest BCUT2D eigenvalue weighted by Crippen LogP contribution is -2.23. The Balaban J connectivity index is 1.69. The number of methoxy groups -OCH3 is 1. The number of ketones is 1. The second-order valence-corrected chi connectivity index (χ2v) is 6.45. The smallest absolute Gasteiger partial charge is 0.344 e. The molecule has 1 aromatic heterocycles. The van der Waals surface area contributed by atoms with Gasteiger partial charge in [0.2, 0.25) is 5.78 Å². The van der Waals surface area contributed by atoms with Crippen LogP contribution in [0.2, 0.25) is 0 Å². The van der Waals surface area contributed by atoms with E-state index in [4.69, 9.17) is 13.9 Å². The summed E-state index contributed by atoms with van der Waals surface area (Å²) in [6.07, 6.45) is -0.670. The first-order valence-corrected chi connectivity index (χ1v) is 8.87. The Morgan fingerprint density at radius 1 is 0.893 bits per heavy atom. The van der Waals surface area contributed by atoms with Crippen LogP contribution in [0.3, 0.4) is 0 Å². The lowest BCUT2D eigenvalue weighted by molar-refractivity contribution is 0.0818. The highest BCUT2D eigenvalue weighted by molar-refractivity contribution is 6.05. The number of ether oxygens (including phenoxy) is 2. The highest BCUT2D eigenvalue weighted by Gasteiger charge is 2.17. The maximum Gasteiger partial charge on any atom is 0.344 e. The topological polar surface area (TPSA) is 65.7 Å². The van der Waals surface area contributed by atoms with Gasteiger partial charge in [-0.25, -0.2) is 4.79 Å². The van der Waals surface area contributed by atoms with Gasteiger partial charge in [0.25, 0.3) is 0 Å². The zero-order chi connectivity index (χ0) is 19.7. The zero-order valence-corrected chi connectivity index (χ0v) is 15.5. The normalized spacial score (nSPS) is 12.1. The summed E-state index contributed by atoms with van der Waals surface area (Å²) in [5.41, 5.74) is 0.536. The van der Waals surface area contributed by atoms with Crippen LogP contribution in [-0.2, 0) is 0 Å². The highest BCUT2D eigenvalue weighted by Crippen LogP contribution is 2.29. The van der Waals surface area contributed by atoms with E-state index in [-0.39, 0.29) is 5.78 Å². The Morgan fingerprint density at radius 2 is 1.61 bits per heavy atom. The van der Waals surface area contributed by atoms with Crippen molar-refractivity contribution in [3.63, 3.8) is 0 Å². The fraction of sp³-hybridized carbons (Fsp3) is 0.130. The largest absolute Gasteiger partial charge is 0.497 e. The molecule has 140 valence electrons. The van der Waals surface area contributed by atoms with Crippen molar-refractivity contribution >= 4 is 27.5 Å². The third-order valence-electron chi connectivity index (χ3n) is 4.63. The quantitative estimate of drug-likeness (QED) is 0.290. The summed E-state index contributed by atoms with van der Waals surface area (Å²) in [7, 11) is 1.55. The van der Waals surface area contributed by atoms with E-state index in [9.17, 15) is 9.59 Å². The molecule has 0 amide bonds. The van der Waals surface area contributed by atoms with Crippen molar-refractivity contribution in [3.05, 3.63) is 82.7 Å². The first kappa shape index (κ1) is 17.8. The van der Waals surface area contributed by atoms with E-state index in [0.29, 0.717) is 28.0 Å². The van der Waals surface area contributed by atoms with Crippen molar-refractivity contribution in [1.82, 2.24) is 0 Å². The SMILES string of the molecule is COc1ccc2c(c1)c(=O)oc1cc(OC(C)C(=O)c3ccccc3)ccc12. The van der Waals surface area contributed by atoms with E-state index in [1.54, 1.807) is 50.4 Å². The molecule has 1 heterocycles. The molecule has 0 aliphatic rings. The second kappa shape index (κ2) is 7.19. The van der Waals surface area contributed by atoms with Crippen molar-refractivity contribution in [3.8, 4) is 11.5 Å². The molecule has 0 radical (unpaired) electrons. The first-order chi connectivity index (χ1) is 13.6. The summed E-state index contributed by atoms with van der Waals surface area (Å²) in [5, 5.41) is 2.01. The number of Topliss-reactive ketones (excluding diaryl/α,β-unsaturated/α-hetero) is 1. The predicted molar refractivity (Wildman–Crippen MR) is 107 cm³/mol. The van der Waals surface area contributed by atoms with Gasteiger partial charge in [0, 0.05) is 22.4 Å². The van der Waals surface area contributed by atoms with Crippen LogP contribution in [-0.4, -0.2) is 19.0 Å². The fourth-order valence-electron chi connectivity index (χ4n) is 3.19. The molecule has 5 nitrogen and oxygen atoms in total. The van der Waals surface area contributed by atoms with E-state index < -0.39 is 11.7 Å². The monoisotopic (exact) mass is 374 g/mol. The molecule has 0 saturated heterocycles. The van der Waals surface area contributed by atoms with Gasteiger partial charge in [-0.15, -0.1) is 0 Å². The van der Waals surface area contributed by atoms with Crippen molar-refractivity contribution in [2.75, 3.05) is 7.11 Å². The average Bonchev–Trinajstić information content (AvgIpc) is 2.73. The number of carbonyl (C=O) groups excluding carboxylic acids is 1. The van der Waals surface area contributed by atoms with Crippen LogP contribution in [0, 0.1) is 0 Å². The van der Waals surface area contributed by atoms with Crippen LogP contribution in [0.4, 0.5) is 0 Å². The minimum Gasteiger partial charge on any atom is -0.497 e. The fourth-order valence-corrected chi connectivity index (χ4v) is 3.19. The molecule has 0 bridgehead atoms. The molecule has 0 aliphatic carbocycles. The van der Waals surface area contributed by atoms with Crippen LogP contribution >= 0.6 is 0 Å².